The number of nitrogens with zero attached hydrogens (tertiary/aromatic N) is 3. The van der Waals surface area contributed by atoms with E-state index in [0.29, 0.717) is 30.5 Å². The van der Waals surface area contributed by atoms with Gasteiger partial charge in [-0.2, -0.15) is 26.3 Å². The fourth-order valence-corrected chi connectivity index (χ4v) is 5.54. The number of hydrogen-bond acceptors (Lipinski definition) is 6. The number of carbonyl (C=O) groups excluding carboxylic acids is 1. The molecule has 16 heteroatoms. The molecule has 6 rings (SSSR count). The van der Waals surface area contributed by atoms with Crippen molar-refractivity contribution >= 4 is 15.7 Å². The Bertz CT molecular complexity index is 1950. The molecule has 0 aliphatic carbocycles. The maximum atomic E-state index is 13.8. The van der Waals surface area contributed by atoms with Crippen LogP contribution in [0.3, 0.4) is 0 Å². The van der Waals surface area contributed by atoms with E-state index in [-0.39, 0.29) is 45.9 Å². The molecule has 0 radical (unpaired) electrons. The summed E-state index contributed by atoms with van der Waals surface area (Å²) in [6.07, 6.45) is -6.37. The van der Waals surface area contributed by atoms with E-state index in [4.69, 9.17) is 0 Å². The molecule has 242 valence electrons. The third-order valence-corrected chi connectivity index (χ3v) is 8.36. The van der Waals surface area contributed by atoms with Gasteiger partial charge in [0.1, 0.15) is 0 Å². The Balaban J connectivity index is 0.000000266. The number of halogens is 8. The first kappa shape index (κ1) is 32.9. The first-order valence-electron chi connectivity index (χ1n) is 13.3. The number of benzene rings is 2. The monoisotopic (exact) mass is 670 g/mol. The quantitative estimate of drug-likeness (QED) is 0.257. The topological polar surface area (TPSA) is 92.3 Å². The Morgan fingerprint density at radius 3 is 2.02 bits per heavy atom. The van der Waals surface area contributed by atoms with Gasteiger partial charge in [-0.25, -0.2) is 17.2 Å². The zero-order valence-corrected chi connectivity index (χ0v) is 24.4. The van der Waals surface area contributed by atoms with Gasteiger partial charge in [-0.05, 0) is 58.7 Å². The molecule has 2 aromatic carbocycles. The minimum absolute atomic E-state index is 0.0906. The molecule has 2 aliphatic rings. The molecular weight excluding hydrogens is 648 g/mol. The summed E-state index contributed by atoms with van der Waals surface area (Å²) in [5.74, 6) is -2.94. The summed E-state index contributed by atoms with van der Waals surface area (Å²) >= 11 is 0. The third kappa shape index (κ3) is 7.02. The fraction of sp³-hybridized carbons (Fsp3) is 0.233. The first-order valence-corrected chi connectivity index (χ1v) is 15.2. The summed E-state index contributed by atoms with van der Waals surface area (Å²) in [6.45, 7) is 0.776. The van der Waals surface area contributed by atoms with Gasteiger partial charge in [0.15, 0.2) is 21.5 Å². The van der Waals surface area contributed by atoms with Crippen LogP contribution < -0.4 is 5.32 Å². The van der Waals surface area contributed by atoms with Crippen LogP contribution in [0.5, 0.6) is 0 Å². The van der Waals surface area contributed by atoms with Gasteiger partial charge in [-0.3, -0.25) is 14.8 Å². The standard InChI is InChI=1S/C22H15F5N2O3S.C8H7F3N2/c1-33(31,32)15-3-4-16(12-2-5-18(23)19(24)7-12)17(8-15)21(30)29-10-13-6-14(22(25,26)27)9-28-20(13)11-29;9-8(10,11)6-1-5-2-12-4-7(5)13-3-6/h2-9H,10-11H2,1H3;1,3,12H,2,4H2. The van der Waals surface area contributed by atoms with Crippen molar-refractivity contribution in [3.05, 3.63) is 112 Å². The van der Waals surface area contributed by atoms with Crippen molar-refractivity contribution in [2.24, 2.45) is 0 Å². The maximum Gasteiger partial charge on any atom is 0.417 e. The van der Waals surface area contributed by atoms with Crippen LogP contribution in [0.1, 0.15) is 44.0 Å². The highest BCUT2D eigenvalue weighted by atomic mass is 32.2. The number of amides is 1. The zero-order valence-electron chi connectivity index (χ0n) is 23.6. The zero-order chi connectivity index (χ0) is 33.6. The lowest BCUT2D eigenvalue weighted by Gasteiger charge is -2.18. The summed E-state index contributed by atoms with van der Waals surface area (Å²) in [5.41, 5.74) is 0.400. The van der Waals surface area contributed by atoms with Gasteiger partial charge < -0.3 is 10.2 Å². The average Bonchev–Trinajstić information content (AvgIpc) is 3.63. The Hall–Kier alpha value is -4.44. The Labute approximate surface area is 256 Å². The molecule has 46 heavy (non-hydrogen) atoms. The normalized spacial score (nSPS) is 14.4. The molecule has 2 aromatic heterocycles. The minimum Gasteiger partial charge on any atom is -0.328 e. The molecule has 4 heterocycles. The van der Waals surface area contributed by atoms with Gasteiger partial charge in [-0.1, -0.05) is 12.1 Å². The van der Waals surface area contributed by atoms with E-state index in [1.165, 1.54) is 23.1 Å². The lowest BCUT2D eigenvalue weighted by Crippen LogP contribution is -2.26. The number of carbonyl (C=O) groups is 1. The van der Waals surface area contributed by atoms with Crippen LogP contribution in [0.4, 0.5) is 35.1 Å². The molecule has 0 unspecified atom stereocenters. The SMILES string of the molecule is CS(=O)(=O)c1ccc(-c2ccc(F)c(F)c2)c(C(=O)N2Cc3cc(C(F)(F)F)cnc3C2)c1.FC(F)(F)c1cnc2c(c1)CNC2. The van der Waals surface area contributed by atoms with E-state index in [2.05, 4.69) is 15.3 Å². The smallest absolute Gasteiger partial charge is 0.328 e. The van der Waals surface area contributed by atoms with E-state index in [1.54, 1.807) is 0 Å². The van der Waals surface area contributed by atoms with Crippen molar-refractivity contribution in [1.29, 1.82) is 0 Å². The van der Waals surface area contributed by atoms with Crippen LogP contribution in [-0.2, 0) is 48.4 Å². The van der Waals surface area contributed by atoms with Crippen molar-refractivity contribution in [2.45, 2.75) is 43.4 Å². The van der Waals surface area contributed by atoms with Crippen molar-refractivity contribution in [2.75, 3.05) is 6.26 Å². The molecule has 0 bridgehead atoms. The summed E-state index contributed by atoms with van der Waals surface area (Å²) in [7, 11) is -3.71. The number of nitrogens with one attached hydrogen (secondary N) is 1. The summed E-state index contributed by atoms with van der Waals surface area (Å²) in [6, 6.07) is 8.71. The molecule has 1 N–H and O–H groups in total. The average molecular weight is 671 g/mol. The molecule has 1 amide bonds. The van der Waals surface area contributed by atoms with Crippen LogP contribution in [0.25, 0.3) is 11.1 Å². The lowest BCUT2D eigenvalue weighted by molar-refractivity contribution is -0.138. The van der Waals surface area contributed by atoms with E-state index >= 15 is 0 Å². The predicted octanol–water partition coefficient (Wildman–Crippen LogP) is 6.31. The molecule has 0 saturated carbocycles. The Morgan fingerprint density at radius 2 is 1.41 bits per heavy atom. The van der Waals surface area contributed by atoms with Crippen LogP contribution in [-0.4, -0.2) is 35.4 Å². The van der Waals surface area contributed by atoms with Gasteiger partial charge in [0.2, 0.25) is 0 Å². The molecule has 4 aromatic rings. The van der Waals surface area contributed by atoms with Crippen LogP contribution in [0.2, 0.25) is 0 Å². The summed E-state index contributed by atoms with van der Waals surface area (Å²) in [5, 5.41) is 2.94. The van der Waals surface area contributed by atoms with E-state index in [0.717, 1.165) is 42.8 Å². The molecule has 2 aliphatic heterocycles. The lowest BCUT2D eigenvalue weighted by atomic mass is 9.98. The highest BCUT2D eigenvalue weighted by Crippen LogP contribution is 2.35. The van der Waals surface area contributed by atoms with Crippen LogP contribution >= 0.6 is 0 Å². The van der Waals surface area contributed by atoms with E-state index in [1.807, 2.05) is 0 Å². The summed E-state index contributed by atoms with van der Waals surface area (Å²) in [4.78, 5) is 21.9. The van der Waals surface area contributed by atoms with Crippen molar-refractivity contribution in [3.8, 4) is 11.1 Å². The highest BCUT2D eigenvalue weighted by Gasteiger charge is 2.35. The molecular formula is C30H22F8N4O3S. The van der Waals surface area contributed by atoms with Crippen LogP contribution in [0.15, 0.2) is 65.8 Å². The minimum atomic E-state index is -4.59. The van der Waals surface area contributed by atoms with Gasteiger partial charge in [0, 0.05) is 43.8 Å². The van der Waals surface area contributed by atoms with Crippen molar-refractivity contribution < 1.29 is 48.3 Å². The number of aromatic nitrogens is 2. The number of rotatable bonds is 3. The molecule has 0 fully saturated rings. The highest BCUT2D eigenvalue weighted by molar-refractivity contribution is 7.90. The van der Waals surface area contributed by atoms with Gasteiger partial charge in [-0.15, -0.1) is 0 Å². The number of alkyl halides is 6. The van der Waals surface area contributed by atoms with Gasteiger partial charge >= 0.3 is 12.4 Å². The second-order valence-electron chi connectivity index (χ2n) is 10.5. The largest absolute Gasteiger partial charge is 0.417 e. The van der Waals surface area contributed by atoms with E-state index in [9.17, 15) is 48.3 Å². The molecule has 7 nitrogen and oxygen atoms in total. The van der Waals surface area contributed by atoms with Crippen molar-refractivity contribution in [3.63, 3.8) is 0 Å². The molecule has 0 atom stereocenters. The second-order valence-corrected chi connectivity index (χ2v) is 12.5. The Morgan fingerprint density at radius 1 is 0.783 bits per heavy atom. The van der Waals surface area contributed by atoms with Crippen molar-refractivity contribution in [1.82, 2.24) is 20.2 Å². The second kappa shape index (κ2) is 12.1. The number of hydrogen-bond donors (Lipinski definition) is 1. The molecule has 0 saturated heterocycles. The third-order valence-electron chi connectivity index (χ3n) is 7.25. The number of sulfone groups is 1. The molecule has 0 spiro atoms. The summed E-state index contributed by atoms with van der Waals surface area (Å²) < 4.78 is 127. The van der Waals surface area contributed by atoms with Crippen LogP contribution in [0, 0.1) is 11.6 Å². The fourth-order valence-electron chi connectivity index (χ4n) is 4.90. The Kier molecular flexibility index (Phi) is 8.63. The predicted molar refractivity (Wildman–Crippen MR) is 148 cm³/mol. The number of pyridine rings is 2. The van der Waals surface area contributed by atoms with Gasteiger partial charge in [0.05, 0.1) is 34.0 Å². The number of fused-ring (bicyclic) bond motifs is 2. The van der Waals surface area contributed by atoms with E-state index < -0.39 is 50.9 Å². The first-order chi connectivity index (χ1) is 21.4. The van der Waals surface area contributed by atoms with Gasteiger partial charge in [0.25, 0.3) is 5.91 Å². The maximum absolute atomic E-state index is 13.8.